The van der Waals surface area contributed by atoms with Crippen LogP contribution in [-0.2, 0) is 6.54 Å². The maximum Gasteiger partial charge on any atom is 0.164 e. The van der Waals surface area contributed by atoms with Gasteiger partial charge in [-0.25, -0.2) is 4.98 Å². The molecule has 0 spiro atoms. The Morgan fingerprint density at radius 1 is 1.14 bits per heavy atom. The number of carbonyl (C=O) groups is 1. The third-order valence-electron chi connectivity index (χ3n) is 3.98. The number of rotatable bonds is 4. The van der Waals surface area contributed by atoms with Crippen molar-refractivity contribution in [3.8, 4) is 0 Å². The zero-order valence-electron chi connectivity index (χ0n) is 12.6. The molecule has 1 heterocycles. The van der Waals surface area contributed by atoms with E-state index in [2.05, 4.69) is 31.0 Å². The number of imidazole rings is 1. The number of carbonyl (C=O) groups excluding carboxylic acids is 1. The molecule has 0 atom stereocenters. The van der Waals surface area contributed by atoms with E-state index in [4.69, 9.17) is 11.6 Å². The monoisotopic (exact) mass is 312 g/mol. The summed E-state index contributed by atoms with van der Waals surface area (Å²) in [5.41, 5.74) is 5.21. The fourth-order valence-corrected chi connectivity index (χ4v) is 2.62. The lowest BCUT2D eigenvalue weighted by Crippen LogP contribution is -2.05. The Balaban J connectivity index is 1.78. The number of nitrogens with zero attached hydrogens (tertiary/aromatic N) is 2. The standard InChI is InChI=1S/C18H17ClN2O/c1-12-9-16-17(10-13(12)2)21(11-20-16)8-7-18(22)14-3-5-15(19)6-4-14/h3-6,9-11H,7-8H2,1-2H3. The third kappa shape index (κ3) is 2.90. The van der Waals surface area contributed by atoms with Gasteiger partial charge < -0.3 is 4.57 Å². The van der Waals surface area contributed by atoms with Crippen LogP contribution in [0.3, 0.4) is 0 Å². The van der Waals surface area contributed by atoms with Crippen molar-refractivity contribution in [2.45, 2.75) is 26.8 Å². The smallest absolute Gasteiger partial charge is 0.164 e. The summed E-state index contributed by atoms with van der Waals surface area (Å²) in [7, 11) is 0. The van der Waals surface area contributed by atoms with E-state index in [0.29, 0.717) is 23.6 Å². The average Bonchev–Trinajstić information content (AvgIpc) is 2.88. The molecule has 3 aromatic rings. The van der Waals surface area contributed by atoms with Crippen molar-refractivity contribution >= 4 is 28.4 Å². The number of halogens is 1. The number of Topliss-reactive ketones (excluding diaryl/α,β-unsaturated/α-hetero) is 1. The number of hydrogen-bond acceptors (Lipinski definition) is 2. The molecule has 0 unspecified atom stereocenters. The summed E-state index contributed by atoms with van der Waals surface area (Å²) in [5, 5.41) is 0.642. The van der Waals surface area contributed by atoms with Crippen molar-refractivity contribution in [3.05, 3.63) is 64.4 Å². The third-order valence-corrected chi connectivity index (χ3v) is 4.23. The Morgan fingerprint density at radius 2 is 1.82 bits per heavy atom. The van der Waals surface area contributed by atoms with E-state index in [1.54, 1.807) is 30.6 Å². The summed E-state index contributed by atoms with van der Waals surface area (Å²) in [5.74, 6) is 0.113. The molecular formula is C18H17ClN2O. The number of hydrogen-bond donors (Lipinski definition) is 0. The number of fused-ring (bicyclic) bond motifs is 1. The quantitative estimate of drug-likeness (QED) is 0.661. The highest BCUT2D eigenvalue weighted by atomic mass is 35.5. The fourth-order valence-electron chi connectivity index (χ4n) is 2.49. The molecule has 1 aromatic heterocycles. The Bertz CT molecular complexity index is 834. The molecule has 22 heavy (non-hydrogen) atoms. The molecular weight excluding hydrogens is 296 g/mol. The second-order valence-electron chi connectivity index (χ2n) is 5.54. The second kappa shape index (κ2) is 5.93. The number of aromatic nitrogens is 2. The van der Waals surface area contributed by atoms with E-state index in [1.807, 2.05) is 4.57 Å². The SMILES string of the molecule is Cc1cc2ncn(CCC(=O)c3ccc(Cl)cc3)c2cc1C. The van der Waals surface area contributed by atoms with Crippen molar-refractivity contribution in [1.82, 2.24) is 9.55 Å². The van der Waals surface area contributed by atoms with Gasteiger partial charge in [0.1, 0.15) is 0 Å². The Hall–Kier alpha value is -2.13. The van der Waals surface area contributed by atoms with Gasteiger partial charge in [-0.05, 0) is 61.4 Å². The molecule has 0 fully saturated rings. The van der Waals surface area contributed by atoms with E-state index < -0.39 is 0 Å². The molecule has 3 nitrogen and oxygen atoms in total. The summed E-state index contributed by atoms with van der Waals surface area (Å²) < 4.78 is 2.04. The average molecular weight is 313 g/mol. The van der Waals surface area contributed by atoms with Crippen LogP contribution in [0.2, 0.25) is 5.02 Å². The van der Waals surface area contributed by atoms with Crippen LogP contribution in [-0.4, -0.2) is 15.3 Å². The van der Waals surface area contributed by atoms with Gasteiger partial charge in [0.2, 0.25) is 0 Å². The Labute approximate surface area is 134 Å². The summed E-state index contributed by atoms with van der Waals surface area (Å²) in [6.07, 6.45) is 2.25. The van der Waals surface area contributed by atoms with Gasteiger partial charge in [-0.3, -0.25) is 4.79 Å². The first kappa shape index (κ1) is 14.8. The largest absolute Gasteiger partial charge is 0.330 e. The predicted molar refractivity (Wildman–Crippen MR) is 89.6 cm³/mol. The summed E-state index contributed by atoms with van der Waals surface area (Å²) >= 11 is 5.84. The van der Waals surface area contributed by atoms with Crippen LogP contribution in [0.5, 0.6) is 0 Å². The van der Waals surface area contributed by atoms with Crippen molar-refractivity contribution in [2.75, 3.05) is 0 Å². The zero-order chi connectivity index (χ0) is 15.7. The van der Waals surface area contributed by atoms with Gasteiger partial charge in [-0.1, -0.05) is 11.6 Å². The molecule has 0 aliphatic heterocycles. The maximum atomic E-state index is 12.2. The molecule has 0 radical (unpaired) electrons. The number of aryl methyl sites for hydroxylation is 3. The molecule has 2 aromatic carbocycles. The second-order valence-corrected chi connectivity index (χ2v) is 5.98. The van der Waals surface area contributed by atoms with E-state index in [1.165, 1.54) is 11.1 Å². The van der Waals surface area contributed by atoms with E-state index in [9.17, 15) is 4.79 Å². The molecule has 0 saturated carbocycles. The van der Waals surface area contributed by atoms with Crippen molar-refractivity contribution in [1.29, 1.82) is 0 Å². The highest BCUT2D eigenvalue weighted by Crippen LogP contribution is 2.19. The number of benzene rings is 2. The molecule has 0 bridgehead atoms. The van der Waals surface area contributed by atoms with Crippen LogP contribution in [0.25, 0.3) is 11.0 Å². The van der Waals surface area contributed by atoms with Crippen LogP contribution in [0.4, 0.5) is 0 Å². The lowest BCUT2D eigenvalue weighted by Gasteiger charge is -2.06. The van der Waals surface area contributed by atoms with Gasteiger partial charge >= 0.3 is 0 Å². The fraction of sp³-hybridized carbons (Fsp3) is 0.222. The van der Waals surface area contributed by atoms with Gasteiger partial charge in [-0.2, -0.15) is 0 Å². The van der Waals surface area contributed by atoms with Crippen LogP contribution < -0.4 is 0 Å². The van der Waals surface area contributed by atoms with Crippen LogP contribution >= 0.6 is 11.6 Å². The normalized spacial score (nSPS) is 11.0. The molecule has 112 valence electrons. The van der Waals surface area contributed by atoms with Gasteiger partial charge in [-0.15, -0.1) is 0 Å². The van der Waals surface area contributed by atoms with Gasteiger partial charge in [0, 0.05) is 23.6 Å². The first-order valence-electron chi connectivity index (χ1n) is 7.25. The van der Waals surface area contributed by atoms with Gasteiger partial charge in [0.25, 0.3) is 0 Å². The lowest BCUT2D eigenvalue weighted by molar-refractivity contribution is 0.0977. The lowest BCUT2D eigenvalue weighted by atomic mass is 10.1. The summed E-state index contributed by atoms with van der Waals surface area (Å²) in [6, 6.07) is 11.2. The summed E-state index contributed by atoms with van der Waals surface area (Å²) in [6.45, 7) is 4.79. The minimum Gasteiger partial charge on any atom is -0.330 e. The van der Waals surface area contributed by atoms with Crippen LogP contribution in [0, 0.1) is 13.8 Å². The van der Waals surface area contributed by atoms with Crippen molar-refractivity contribution in [2.24, 2.45) is 0 Å². The number of ketones is 1. The first-order valence-corrected chi connectivity index (χ1v) is 7.63. The van der Waals surface area contributed by atoms with Crippen LogP contribution in [0.1, 0.15) is 27.9 Å². The predicted octanol–water partition coefficient (Wildman–Crippen LogP) is 4.58. The van der Waals surface area contributed by atoms with Crippen LogP contribution in [0.15, 0.2) is 42.7 Å². The molecule has 0 amide bonds. The molecule has 0 N–H and O–H groups in total. The summed E-state index contributed by atoms with van der Waals surface area (Å²) in [4.78, 5) is 16.6. The maximum absolute atomic E-state index is 12.2. The zero-order valence-corrected chi connectivity index (χ0v) is 13.4. The molecule has 0 aliphatic rings. The highest BCUT2D eigenvalue weighted by Gasteiger charge is 2.09. The van der Waals surface area contributed by atoms with E-state index in [0.717, 1.165) is 11.0 Å². The van der Waals surface area contributed by atoms with Gasteiger partial charge in [0.15, 0.2) is 5.78 Å². The minimum atomic E-state index is 0.113. The first-order chi connectivity index (χ1) is 10.5. The Morgan fingerprint density at radius 3 is 2.55 bits per heavy atom. The molecule has 0 aliphatic carbocycles. The van der Waals surface area contributed by atoms with E-state index >= 15 is 0 Å². The topological polar surface area (TPSA) is 34.9 Å². The molecule has 3 rings (SSSR count). The highest BCUT2D eigenvalue weighted by molar-refractivity contribution is 6.30. The van der Waals surface area contributed by atoms with Gasteiger partial charge in [0.05, 0.1) is 17.4 Å². The van der Waals surface area contributed by atoms with Crippen molar-refractivity contribution < 1.29 is 4.79 Å². The van der Waals surface area contributed by atoms with E-state index in [-0.39, 0.29) is 5.78 Å². The minimum absolute atomic E-state index is 0.113. The Kier molecular flexibility index (Phi) is 3.99. The molecule has 0 saturated heterocycles. The van der Waals surface area contributed by atoms with Crippen molar-refractivity contribution in [3.63, 3.8) is 0 Å². The molecule has 4 heteroatoms.